The van der Waals surface area contributed by atoms with Crippen LogP contribution in [0.15, 0.2) is 42.5 Å². The van der Waals surface area contributed by atoms with Crippen molar-refractivity contribution in [2.24, 2.45) is 0 Å². The van der Waals surface area contributed by atoms with E-state index in [1.807, 2.05) is 4.90 Å². The fourth-order valence-corrected chi connectivity index (χ4v) is 5.01. The van der Waals surface area contributed by atoms with Crippen molar-refractivity contribution < 1.29 is 22.4 Å². The number of benzene rings is 2. The molecule has 1 amide bonds. The Bertz CT molecular complexity index is 1220. The molecule has 0 spiro atoms. The lowest BCUT2D eigenvalue weighted by molar-refractivity contribution is -0.140. The van der Waals surface area contributed by atoms with Crippen LogP contribution in [0, 0.1) is 5.82 Å². The zero-order valence-corrected chi connectivity index (χ0v) is 20.3. The van der Waals surface area contributed by atoms with Gasteiger partial charge >= 0.3 is 6.18 Å². The number of nitrogens with one attached hydrogen (secondary N) is 1. The first-order valence-corrected chi connectivity index (χ1v) is 11.9. The Morgan fingerprint density at radius 2 is 1.77 bits per heavy atom. The molecule has 3 aromatic rings. The van der Waals surface area contributed by atoms with Crippen LogP contribution < -0.4 is 10.2 Å². The highest BCUT2D eigenvalue weighted by Gasteiger charge is 2.34. The molecule has 1 heterocycles. The summed E-state index contributed by atoms with van der Waals surface area (Å²) < 4.78 is 53.9. The predicted molar refractivity (Wildman–Crippen MR) is 129 cm³/mol. The number of rotatable bonds is 5. The molecule has 0 bridgehead atoms. The highest BCUT2D eigenvalue weighted by molar-refractivity contribution is 6.31. The van der Waals surface area contributed by atoms with E-state index in [0.717, 1.165) is 6.07 Å². The van der Waals surface area contributed by atoms with E-state index in [1.54, 1.807) is 19.2 Å². The SMILES string of the molecule is CN(c1cc(C(F)(F)F)nc2ccc(Cl)cc12)[C@H]1CC[C@@H](NC(=O)Cc2cc(F)cc(Cl)c2)CC1. The van der Waals surface area contributed by atoms with Crippen molar-refractivity contribution in [3.63, 3.8) is 0 Å². The molecule has 0 unspecified atom stereocenters. The summed E-state index contributed by atoms with van der Waals surface area (Å²) in [5.41, 5.74) is 0.182. The third-order valence-electron chi connectivity index (χ3n) is 6.32. The van der Waals surface area contributed by atoms with Crippen LogP contribution in [0.2, 0.25) is 10.0 Å². The van der Waals surface area contributed by atoms with Crippen molar-refractivity contribution in [1.29, 1.82) is 0 Å². The van der Waals surface area contributed by atoms with Crippen molar-refractivity contribution in [2.75, 3.05) is 11.9 Å². The third kappa shape index (κ3) is 6.16. The van der Waals surface area contributed by atoms with Crippen LogP contribution >= 0.6 is 23.2 Å². The number of pyridine rings is 1. The maximum atomic E-state index is 13.5. The van der Waals surface area contributed by atoms with E-state index in [9.17, 15) is 22.4 Å². The van der Waals surface area contributed by atoms with Crippen LogP contribution in [-0.2, 0) is 17.4 Å². The fourth-order valence-electron chi connectivity index (χ4n) is 4.60. The number of hydrogen-bond donors (Lipinski definition) is 1. The monoisotopic (exact) mass is 527 g/mol. The first-order chi connectivity index (χ1) is 16.5. The molecule has 1 N–H and O–H groups in total. The molecule has 2 aromatic carbocycles. The van der Waals surface area contributed by atoms with Gasteiger partial charge in [0.2, 0.25) is 5.91 Å². The zero-order chi connectivity index (χ0) is 25.3. The second-order valence-electron chi connectivity index (χ2n) is 8.82. The van der Waals surface area contributed by atoms with Gasteiger partial charge in [0.1, 0.15) is 11.5 Å². The van der Waals surface area contributed by atoms with E-state index >= 15 is 0 Å². The van der Waals surface area contributed by atoms with Crippen molar-refractivity contribution in [3.8, 4) is 0 Å². The zero-order valence-electron chi connectivity index (χ0n) is 18.8. The maximum absolute atomic E-state index is 13.5. The van der Waals surface area contributed by atoms with Gasteiger partial charge in [-0.1, -0.05) is 23.2 Å². The molecular formula is C25H23Cl2F4N3O. The summed E-state index contributed by atoms with van der Waals surface area (Å²) in [4.78, 5) is 18.1. The highest BCUT2D eigenvalue weighted by atomic mass is 35.5. The number of carbonyl (C=O) groups excluding carboxylic acids is 1. The molecule has 1 fully saturated rings. The van der Waals surface area contributed by atoms with Crippen LogP contribution in [0.1, 0.15) is 36.9 Å². The Labute approximate surface area is 210 Å². The molecule has 35 heavy (non-hydrogen) atoms. The van der Waals surface area contributed by atoms with Crippen LogP contribution in [0.25, 0.3) is 10.9 Å². The highest BCUT2D eigenvalue weighted by Crippen LogP contribution is 2.37. The summed E-state index contributed by atoms with van der Waals surface area (Å²) in [6, 6.07) is 9.63. The molecule has 0 aliphatic heterocycles. The van der Waals surface area contributed by atoms with Gasteiger partial charge in [-0.3, -0.25) is 4.79 Å². The first-order valence-electron chi connectivity index (χ1n) is 11.1. The Morgan fingerprint density at radius 1 is 1.06 bits per heavy atom. The number of fused-ring (bicyclic) bond motifs is 1. The van der Waals surface area contributed by atoms with Gasteiger partial charge in [-0.15, -0.1) is 0 Å². The minimum Gasteiger partial charge on any atom is -0.371 e. The lowest BCUT2D eigenvalue weighted by Gasteiger charge is -2.37. The van der Waals surface area contributed by atoms with Crippen molar-refractivity contribution in [3.05, 3.63) is 69.6 Å². The van der Waals surface area contributed by atoms with Gasteiger partial charge in [0.05, 0.1) is 11.9 Å². The molecule has 0 radical (unpaired) electrons. The van der Waals surface area contributed by atoms with Crippen molar-refractivity contribution in [2.45, 2.75) is 50.4 Å². The minimum atomic E-state index is -4.57. The third-order valence-corrected chi connectivity index (χ3v) is 6.77. The van der Waals surface area contributed by atoms with E-state index in [2.05, 4.69) is 10.3 Å². The summed E-state index contributed by atoms with van der Waals surface area (Å²) in [6.45, 7) is 0. The van der Waals surface area contributed by atoms with Crippen molar-refractivity contribution in [1.82, 2.24) is 10.3 Å². The average molecular weight is 528 g/mol. The predicted octanol–water partition coefficient (Wildman–Crippen LogP) is 6.81. The van der Waals surface area contributed by atoms with Gasteiger partial charge in [-0.25, -0.2) is 9.37 Å². The molecular weight excluding hydrogens is 505 g/mol. The number of halogens is 6. The number of amides is 1. The van der Waals surface area contributed by atoms with Gasteiger partial charge in [0, 0.05) is 40.3 Å². The average Bonchev–Trinajstić information content (AvgIpc) is 2.77. The van der Waals surface area contributed by atoms with E-state index in [0.29, 0.717) is 47.3 Å². The van der Waals surface area contributed by atoms with E-state index in [-0.39, 0.29) is 35.0 Å². The van der Waals surface area contributed by atoms with E-state index in [1.165, 1.54) is 24.3 Å². The lowest BCUT2D eigenvalue weighted by atomic mass is 9.89. The summed E-state index contributed by atoms with van der Waals surface area (Å²) in [6.07, 6.45) is -1.86. The number of aromatic nitrogens is 1. The van der Waals surface area contributed by atoms with E-state index in [4.69, 9.17) is 23.2 Å². The molecule has 1 aliphatic carbocycles. The van der Waals surface area contributed by atoms with Gasteiger partial charge in [-0.05, 0) is 73.7 Å². The van der Waals surface area contributed by atoms with Crippen molar-refractivity contribution >= 4 is 45.7 Å². The van der Waals surface area contributed by atoms with Gasteiger partial charge in [-0.2, -0.15) is 13.2 Å². The number of nitrogens with zero attached hydrogens (tertiary/aromatic N) is 2. The minimum absolute atomic E-state index is 0.0152. The second-order valence-corrected chi connectivity index (χ2v) is 9.70. The summed E-state index contributed by atoms with van der Waals surface area (Å²) in [5, 5.41) is 4.17. The van der Waals surface area contributed by atoms with Crippen LogP contribution in [0.4, 0.5) is 23.2 Å². The summed E-state index contributed by atoms with van der Waals surface area (Å²) in [5.74, 6) is -0.726. The molecule has 0 saturated heterocycles. The van der Waals surface area contributed by atoms with E-state index < -0.39 is 17.7 Å². The molecule has 186 valence electrons. The van der Waals surface area contributed by atoms with Crippen LogP contribution in [0.5, 0.6) is 0 Å². The molecule has 1 aromatic heterocycles. The number of alkyl halides is 3. The van der Waals surface area contributed by atoms with Crippen LogP contribution in [0.3, 0.4) is 0 Å². The Hall–Kier alpha value is -2.58. The molecule has 1 saturated carbocycles. The Balaban J connectivity index is 1.44. The van der Waals surface area contributed by atoms with Gasteiger partial charge < -0.3 is 10.2 Å². The largest absolute Gasteiger partial charge is 0.433 e. The molecule has 0 atom stereocenters. The topological polar surface area (TPSA) is 45.2 Å². The Kier molecular flexibility index (Phi) is 7.43. The smallest absolute Gasteiger partial charge is 0.371 e. The molecule has 10 heteroatoms. The summed E-state index contributed by atoms with van der Waals surface area (Å²) in [7, 11) is 1.77. The normalized spacial score (nSPS) is 18.5. The quantitative estimate of drug-likeness (QED) is 0.371. The summed E-state index contributed by atoms with van der Waals surface area (Å²) >= 11 is 12.0. The van der Waals surface area contributed by atoms with Gasteiger partial charge in [0.15, 0.2) is 0 Å². The van der Waals surface area contributed by atoms with Gasteiger partial charge in [0.25, 0.3) is 0 Å². The second kappa shape index (κ2) is 10.2. The van der Waals surface area contributed by atoms with Crippen LogP contribution in [-0.4, -0.2) is 30.0 Å². The fraction of sp³-hybridized carbons (Fsp3) is 0.360. The Morgan fingerprint density at radius 3 is 2.43 bits per heavy atom. The number of hydrogen-bond acceptors (Lipinski definition) is 3. The molecule has 4 nitrogen and oxygen atoms in total. The lowest BCUT2D eigenvalue weighted by Crippen LogP contribution is -2.43. The number of anilines is 1. The molecule has 1 aliphatic rings. The maximum Gasteiger partial charge on any atom is 0.433 e. The number of carbonyl (C=O) groups is 1. The standard InChI is InChI=1S/C25H23Cl2F4N3O/c1-34(22-13-23(25(29,30)31)33-21-7-2-15(26)12-20(21)22)19-5-3-18(4-6-19)32-24(35)10-14-8-16(27)11-17(28)9-14/h2,7-9,11-13,18-19H,3-6,10H2,1H3,(H,32,35)/t18-,19+. The molecule has 4 rings (SSSR count). The first kappa shape index (κ1) is 25.5.